The molecule has 8 heteroatoms. The first-order chi connectivity index (χ1) is 16.2. The third-order valence-corrected chi connectivity index (χ3v) is 5.83. The molecule has 0 aromatic heterocycles. The topological polar surface area (TPSA) is 101 Å². The van der Waals surface area contributed by atoms with E-state index in [-0.39, 0.29) is 24.2 Å². The highest BCUT2D eigenvalue weighted by molar-refractivity contribution is 6.23. The van der Waals surface area contributed by atoms with Crippen LogP contribution in [-0.2, 0) is 16.1 Å². The monoisotopic (exact) mass is 457 g/mol. The van der Waals surface area contributed by atoms with Crippen molar-refractivity contribution in [2.75, 3.05) is 4.90 Å². The smallest absolute Gasteiger partial charge is 0.270 e. The van der Waals surface area contributed by atoms with Gasteiger partial charge in [-0.1, -0.05) is 53.6 Å². The molecule has 1 aliphatic rings. The van der Waals surface area contributed by atoms with Crippen molar-refractivity contribution in [1.29, 1.82) is 0 Å². The number of hydrogen-bond acceptors (Lipinski definition) is 5. The van der Waals surface area contributed by atoms with Gasteiger partial charge in [0.25, 0.3) is 17.5 Å². The summed E-state index contributed by atoms with van der Waals surface area (Å²) in [6.07, 6.45) is -0.167. The SMILES string of the molecule is Cc1ccc(CN(C(=O)c2cccc([N+](=O)[O-])c2)C2CC(=O)N(c3ccc(C)cc3)C2=O)cc1. The van der Waals surface area contributed by atoms with E-state index in [2.05, 4.69) is 0 Å². The highest BCUT2D eigenvalue weighted by atomic mass is 16.6. The van der Waals surface area contributed by atoms with Crippen molar-refractivity contribution in [3.63, 3.8) is 0 Å². The Morgan fingerprint density at radius 2 is 1.62 bits per heavy atom. The standard InChI is InChI=1S/C26H23N3O5/c1-17-6-10-19(11-7-17)16-27(25(31)20-4-3-5-22(14-20)29(33)34)23-15-24(30)28(26(23)32)21-12-8-18(2)9-13-21/h3-14,23H,15-16H2,1-2H3. The van der Waals surface area contributed by atoms with Gasteiger partial charge in [0.15, 0.2) is 0 Å². The maximum absolute atomic E-state index is 13.5. The molecule has 1 heterocycles. The van der Waals surface area contributed by atoms with Crippen molar-refractivity contribution in [2.24, 2.45) is 0 Å². The van der Waals surface area contributed by atoms with Gasteiger partial charge in [0.1, 0.15) is 6.04 Å². The molecule has 3 aromatic carbocycles. The molecule has 3 amide bonds. The number of nitro groups is 1. The molecule has 0 aliphatic carbocycles. The molecule has 1 atom stereocenters. The van der Waals surface area contributed by atoms with Gasteiger partial charge in [-0.2, -0.15) is 0 Å². The normalized spacial score (nSPS) is 15.5. The highest BCUT2D eigenvalue weighted by Gasteiger charge is 2.44. The van der Waals surface area contributed by atoms with Gasteiger partial charge in [0.05, 0.1) is 17.0 Å². The van der Waals surface area contributed by atoms with Crippen LogP contribution in [0.3, 0.4) is 0 Å². The van der Waals surface area contributed by atoms with Crippen LogP contribution in [0.25, 0.3) is 0 Å². The molecule has 8 nitrogen and oxygen atoms in total. The average Bonchev–Trinajstić information content (AvgIpc) is 3.12. The Balaban J connectivity index is 1.71. The van der Waals surface area contributed by atoms with Crippen LogP contribution >= 0.6 is 0 Å². The van der Waals surface area contributed by atoms with Crippen LogP contribution in [0.4, 0.5) is 11.4 Å². The molecule has 0 saturated carbocycles. The number of amides is 3. The Hall–Kier alpha value is -4.33. The van der Waals surface area contributed by atoms with Crippen LogP contribution in [0.2, 0.25) is 0 Å². The molecular formula is C26H23N3O5. The van der Waals surface area contributed by atoms with Crippen molar-refractivity contribution in [1.82, 2.24) is 4.90 Å². The summed E-state index contributed by atoms with van der Waals surface area (Å²) in [6.45, 7) is 3.92. The minimum absolute atomic E-state index is 0.0766. The van der Waals surface area contributed by atoms with E-state index >= 15 is 0 Å². The predicted molar refractivity (Wildman–Crippen MR) is 126 cm³/mol. The quantitative estimate of drug-likeness (QED) is 0.314. The van der Waals surface area contributed by atoms with Gasteiger partial charge in [0, 0.05) is 24.2 Å². The Bertz CT molecular complexity index is 1270. The molecular weight excluding hydrogens is 434 g/mol. The summed E-state index contributed by atoms with van der Waals surface area (Å²) in [5.41, 5.74) is 3.10. The first kappa shape index (κ1) is 22.8. The molecule has 34 heavy (non-hydrogen) atoms. The van der Waals surface area contributed by atoms with Crippen molar-refractivity contribution in [3.05, 3.63) is 105 Å². The second-order valence-electron chi connectivity index (χ2n) is 8.35. The van der Waals surface area contributed by atoms with Crippen LogP contribution in [0, 0.1) is 24.0 Å². The Morgan fingerprint density at radius 1 is 1.00 bits per heavy atom. The molecule has 1 saturated heterocycles. The van der Waals surface area contributed by atoms with Gasteiger partial charge in [-0.3, -0.25) is 24.5 Å². The molecule has 172 valence electrons. The van der Waals surface area contributed by atoms with Gasteiger partial charge in [-0.05, 0) is 37.6 Å². The first-order valence-corrected chi connectivity index (χ1v) is 10.8. The van der Waals surface area contributed by atoms with Crippen molar-refractivity contribution in [2.45, 2.75) is 32.9 Å². The van der Waals surface area contributed by atoms with Gasteiger partial charge >= 0.3 is 0 Å². The summed E-state index contributed by atoms with van der Waals surface area (Å²) in [5.74, 6) is -1.46. The molecule has 1 aliphatic heterocycles. The number of anilines is 1. The Labute approximate surface area is 196 Å². The Morgan fingerprint density at radius 3 is 2.24 bits per heavy atom. The van der Waals surface area contributed by atoms with Crippen molar-refractivity contribution >= 4 is 29.1 Å². The maximum Gasteiger partial charge on any atom is 0.270 e. The van der Waals surface area contributed by atoms with E-state index in [9.17, 15) is 24.5 Å². The maximum atomic E-state index is 13.5. The number of non-ortho nitro benzene ring substituents is 1. The minimum atomic E-state index is -1.03. The third kappa shape index (κ3) is 4.56. The van der Waals surface area contributed by atoms with E-state index in [1.165, 1.54) is 29.2 Å². The first-order valence-electron chi connectivity index (χ1n) is 10.8. The van der Waals surface area contributed by atoms with Crippen molar-refractivity contribution < 1.29 is 19.3 Å². The van der Waals surface area contributed by atoms with Crippen molar-refractivity contribution in [3.8, 4) is 0 Å². The number of benzene rings is 3. The summed E-state index contributed by atoms with van der Waals surface area (Å²) < 4.78 is 0. The summed E-state index contributed by atoms with van der Waals surface area (Å²) in [6, 6.07) is 18.8. The second kappa shape index (κ2) is 9.27. The van der Waals surface area contributed by atoms with Crippen LogP contribution < -0.4 is 4.90 Å². The third-order valence-electron chi connectivity index (χ3n) is 5.83. The molecule has 0 spiro atoms. The fraction of sp³-hybridized carbons (Fsp3) is 0.192. The molecule has 3 aromatic rings. The molecule has 1 unspecified atom stereocenters. The Kier molecular flexibility index (Phi) is 6.23. The zero-order chi connectivity index (χ0) is 24.4. The zero-order valence-electron chi connectivity index (χ0n) is 18.8. The summed E-state index contributed by atoms with van der Waals surface area (Å²) in [7, 11) is 0. The van der Waals surface area contributed by atoms with Crippen LogP contribution in [0.5, 0.6) is 0 Å². The van der Waals surface area contributed by atoms with Gasteiger partial charge < -0.3 is 4.90 Å². The fourth-order valence-corrected chi connectivity index (χ4v) is 3.96. The van der Waals surface area contributed by atoms with E-state index < -0.39 is 28.7 Å². The molecule has 0 bridgehead atoms. The van der Waals surface area contributed by atoms with Crippen LogP contribution in [0.15, 0.2) is 72.8 Å². The average molecular weight is 457 g/mol. The molecule has 4 rings (SSSR count). The number of carbonyl (C=O) groups is 3. The van der Waals surface area contributed by atoms with Crippen LogP contribution in [0.1, 0.15) is 33.5 Å². The van der Waals surface area contributed by atoms with E-state index in [4.69, 9.17) is 0 Å². The fourth-order valence-electron chi connectivity index (χ4n) is 3.96. The van der Waals surface area contributed by atoms with E-state index in [1.54, 1.807) is 12.1 Å². The summed E-state index contributed by atoms with van der Waals surface area (Å²) in [4.78, 5) is 52.9. The largest absolute Gasteiger partial charge is 0.322 e. The molecule has 0 radical (unpaired) electrons. The number of imide groups is 1. The number of nitrogens with zero attached hydrogens (tertiary/aromatic N) is 3. The number of hydrogen-bond donors (Lipinski definition) is 0. The lowest BCUT2D eigenvalue weighted by molar-refractivity contribution is -0.384. The van der Waals surface area contributed by atoms with E-state index in [0.29, 0.717) is 5.69 Å². The molecule has 1 fully saturated rings. The number of nitro benzene ring substituents is 1. The van der Waals surface area contributed by atoms with Crippen LogP contribution in [-0.4, -0.2) is 33.6 Å². The minimum Gasteiger partial charge on any atom is -0.322 e. The number of rotatable bonds is 6. The summed E-state index contributed by atoms with van der Waals surface area (Å²) in [5, 5.41) is 11.2. The summed E-state index contributed by atoms with van der Waals surface area (Å²) >= 11 is 0. The number of carbonyl (C=O) groups excluding carboxylic acids is 3. The van der Waals surface area contributed by atoms with Gasteiger partial charge in [-0.25, -0.2) is 4.90 Å². The van der Waals surface area contributed by atoms with E-state index in [1.807, 2.05) is 50.2 Å². The van der Waals surface area contributed by atoms with E-state index in [0.717, 1.165) is 21.6 Å². The number of aryl methyl sites for hydroxylation is 2. The highest BCUT2D eigenvalue weighted by Crippen LogP contribution is 2.28. The lowest BCUT2D eigenvalue weighted by atomic mass is 10.1. The zero-order valence-corrected chi connectivity index (χ0v) is 18.8. The van der Waals surface area contributed by atoms with Gasteiger partial charge in [0.2, 0.25) is 5.91 Å². The second-order valence-corrected chi connectivity index (χ2v) is 8.35. The predicted octanol–water partition coefficient (Wildman–Crippen LogP) is 4.19. The molecule has 0 N–H and O–H groups in total. The van der Waals surface area contributed by atoms with Gasteiger partial charge in [-0.15, -0.1) is 0 Å². The lowest BCUT2D eigenvalue weighted by Crippen LogP contribution is -2.45. The lowest BCUT2D eigenvalue weighted by Gasteiger charge is -2.28.